The number of aromatic nitrogens is 2. The Bertz CT molecular complexity index is 846. The molecule has 4 nitrogen and oxygen atoms in total. The number of carboxylic acids is 1. The van der Waals surface area contributed by atoms with E-state index in [9.17, 15) is 9.90 Å². The molecule has 0 aliphatic carbocycles. The van der Waals surface area contributed by atoms with Gasteiger partial charge in [0.25, 0.3) is 0 Å². The molecule has 0 radical (unpaired) electrons. The number of benzene rings is 1. The first-order chi connectivity index (χ1) is 17.2. The largest absolute Gasteiger partial charge is 0.478 e. The summed E-state index contributed by atoms with van der Waals surface area (Å²) in [6, 6.07) is 10.2. The van der Waals surface area contributed by atoms with Gasteiger partial charge in [-0.15, -0.1) is 0 Å². The Morgan fingerprint density at radius 1 is 0.800 bits per heavy atom. The summed E-state index contributed by atoms with van der Waals surface area (Å²) in [6.07, 6.45) is 23.6. The number of allylic oxidation sites excluding steroid dienone is 1. The standard InChI is InChI=1S/C31H46N2O2/c1-3-5-7-9-11-12-15-19-26-24-32-30(33-25-26)29(31(34)35)23-28(27-20-17-14-18-21-27)22-16-13-10-8-6-4-2/h14,17-18,20-21,23-25,28H,3-13,15-16,19,22H2,1-2H3,(H,34,35)/b29-23+. The summed E-state index contributed by atoms with van der Waals surface area (Å²) in [5.74, 6) is -0.608. The zero-order valence-electron chi connectivity index (χ0n) is 22.1. The predicted octanol–water partition coefficient (Wildman–Crippen LogP) is 8.77. The average molecular weight is 479 g/mol. The van der Waals surface area contributed by atoms with E-state index in [0.29, 0.717) is 5.82 Å². The van der Waals surface area contributed by atoms with Crippen molar-refractivity contribution >= 4 is 11.5 Å². The fourth-order valence-electron chi connectivity index (χ4n) is 4.54. The lowest BCUT2D eigenvalue weighted by molar-refractivity contribution is -0.130. The summed E-state index contributed by atoms with van der Waals surface area (Å²) in [5.41, 5.74) is 2.43. The molecule has 192 valence electrons. The van der Waals surface area contributed by atoms with Gasteiger partial charge in [-0.1, -0.05) is 127 Å². The third-order valence-corrected chi connectivity index (χ3v) is 6.71. The van der Waals surface area contributed by atoms with E-state index in [1.807, 2.05) is 24.3 Å². The van der Waals surface area contributed by atoms with Crippen LogP contribution in [0.3, 0.4) is 0 Å². The van der Waals surface area contributed by atoms with Crippen LogP contribution in [0.25, 0.3) is 5.57 Å². The first kappa shape index (κ1) is 28.7. The number of hydrogen-bond donors (Lipinski definition) is 1. The summed E-state index contributed by atoms with van der Waals surface area (Å²) < 4.78 is 0. The molecule has 0 aliphatic rings. The lowest BCUT2D eigenvalue weighted by atomic mass is 9.90. The number of unbranched alkanes of at least 4 members (excludes halogenated alkanes) is 11. The molecule has 35 heavy (non-hydrogen) atoms. The van der Waals surface area contributed by atoms with Crippen LogP contribution in [0.2, 0.25) is 0 Å². The van der Waals surface area contributed by atoms with Gasteiger partial charge >= 0.3 is 5.97 Å². The zero-order valence-corrected chi connectivity index (χ0v) is 22.1. The predicted molar refractivity (Wildman–Crippen MR) is 147 cm³/mol. The highest BCUT2D eigenvalue weighted by atomic mass is 16.4. The molecule has 1 heterocycles. The summed E-state index contributed by atoms with van der Waals surface area (Å²) in [4.78, 5) is 21.1. The molecular weight excluding hydrogens is 432 g/mol. The molecule has 1 aromatic carbocycles. The van der Waals surface area contributed by atoms with Crippen LogP contribution in [0.1, 0.15) is 127 Å². The normalized spacial score (nSPS) is 12.6. The van der Waals surface area contributed by atoms with Crippen molar-refractivity contribution in [3.05, 3.63) is 65.8 Å². The Morgan fingerprint density at radius 3 is 1.91 bits per heavy atom. The van der Waals surface area contributed by atoms with Crippen molar-refractivity contribution < 1.29 is 9.90 Å². The molecule has 1 unspecified atom stereocenters. The van der Waals surface area contributed by atoms with Crippen LogP contribution in [-0.4, -0.2) is 21.0 Å². The molecule has 1 N–H and O–H groups in total. The van der Waals surface area contributed by atoms with E-state index in [1.165, 1.54) is 70.6 Å². The minimum absolute atomic E-state index is 0.0458. The molecule has 1 aromatic heterocycles. The van der Waals surface area contributed by atoms with Gasteiger partial charge in [-0.3, -0.25) is 0 Å². The highest BCUT2D eigenvalue weighted by Crippen LogP contribution is 2.28. The molecule has 4 heteroatoms. The second kappa shape index (κ2) is 17.9. The van der Waals surface area contributed by atoms with Crippen LogP contribution in [0.15, 0.2) is 48.8 Å². The van der Waals surface area contributed by atoms with Crippen LogP contribution in [0.5, 0.6) is 0 Å². The third kappa shape index (κ3) is 11.7. The summed E-state index contributed by atoms with van der Waals surface area (Å²) in [7, 11) is 0. The van der Waals surface area contributed by atoms with E-state index in [1.54, 1.807) is 12.4 Å². The molecule has 2 rings (SSSR count). The fraction of sp³-hybridized carbons (Fsp3) is 0.581. The highest BCUT2D eigenvalue weighted by molar-refractivity contribution is 6.14. The molecule has 2 aromatic rings. The van der Waals surface area contributed by atoms with Gasteiger partial charge in [-0.05, 0) is 30.4 Å². The van der Waals surface area contributed by atoms with Gasteiger partial charge in [0.2, 0.25) is 0 Å². The molecule has 0 saturated heterocycles. The number of aliphatic carboxylic acids is 1. The maximum absolute atomic E-state index is 12.2. The SMILES string of the molecule is CCCCCCCCCc1cnc(/C(=C\C(CCCCCCCC)c2ccccc2)C(=O)O)nc1. The molecule has 0 aliphatic heterocycles. The monoisotopic (exact) mass is 478 g/mol. The minimum Gasteiger partial charge on any atom is -0.478 e. The average Bonchev–Trinajstić information content (AvgIpc) is 2.88. The molecule has 0 spiro atoms. The van der Waals surface area contributed by atoms with Crippen LogP contribution >= 0.6 is 0 Å². The quantitative estimate of drug-likeness (QED) is 0.162. The van der Waals surface area contributed by atoms with Crippen molar-refractivity contribution in [3.8, 4) is 0 Å². The number of rotatable bonds is 19. The van der Waals surface area contributed by atoms with E-state index >= 15 is 0 Å². The smallest absolute Gasteiger partial charge is 0.339 e. The molecule has 1 atom stereocenters. The maximum atomic E-state index is 12.2. The van der Waals surface area contributed by atoms with Gasteiger partial charge in [0.05, 0.1) is 0 Å². The molecule has 0 fully saturated rings. The summed E-state index contributed by atoms with van der Waals surface area (Å²) >= 11 is 0. The van der Waals surface area contributed by atoms with Gasteiger partial charge in [-0.25, -0.2) is 14.8 Å². The molecule has 0 amide bonds. The Morgan fingerprint density at radius 2 is 1.34 bits per heavy atom. The van der Waals surface area contributed by atoms with Gasteiger partial charge < -0.3 is 5.11 Å². The Balaban J connectivity index is 2.01. The van der Waals surface area contributed by atoms with Gasteiger partial charge in [0, 0.05) is 18.3 Å². The van der Waals surface area contributed by atoms with E-state index in [0.717, 1.165) is 36.8 Å². The first-order valence-corrected chi connectivity index (χ1v) is 14.0. The van der Waals surface area contributed by atoms with Crippen molar-refractivity contribution in [2.75, 3.05) is 0 Å². The highest BCUT2D eigenvalue weighted by Gasteiger charge is 2.18. The number of hydrogen-bond acceptors (Lipinski definition) is 3. The van der Waals surface area contributed by atoms with E-state index in [4.69, 9.17) is 0 Å². The summed E-state index contributed by atoms with van der Waals surface area (Å²) in [6.45, 7) is 4.47. The first-order valence-electron chi connectivity index (χ1n) is 14.0. The molecule has 0 bridgehead atoms. The van der Waals surface area contributed by atoms with Crippen LogP contribution in [0.4, 0.5) is 0 Å². The van der Waals surface area contributed by atoms with E-state index in [-0.39, 0.29) is 11.5 Å². The van der Waals surface area contributed by atoms with Crippen molar-refractivity contribution in [2.45, 2.75) is 116 Å². The number of carboxylic acid groups (broad SMARTS) is 1. The molecule has 0 saturated carbocycles. The number of carbonyl (C=O) groups is 1. The van der Waals surface area contributed by atoms with Crippen LogP contribution in [0, 0.1) is 0 Å². The Labute approximate surface area is 213 Å². The topological polar surface area (TPSA) is 63.1 Å². The van der Waals surface area contributed by atoms with Crippen molar-refractivity contribution in [2.24, 2.45) is 0 Å². The van der Waals surface area contributed by atoms with Crippen LogP contribution in [-0.2, 0) is 11.2 Å². The second-order valence-corrected chi connectivity index (χ2v) is 9.75. The summed E-state index contributed by atoms with van der Waals surface area (Å²) in [5, 5.41) is 9.97. The Kier molecular flexibility index (Phi) is 14.7. The van der Waals surface area contributed by atoms with Crippen LogP contribution < -0.4 is 0 Å². The van der Waals surface area contributed by atoms with Gasteiger partial charge in [0.1, 0.15) is 5.57 Å². The van der Waals surface area contributed by atoms with Gasteiger partial charge in [0.15, 0.2) is 5.82 Å². The minimum atomic E-state index is -0.964. The van der Waals surface area contributed by atoms with Crippen molar-refractivity contribution in [3.63, 3.8) is 0 Å². The fourth-order valence-corrected chi connectivity index (χ4v) is 4.54. The molecular formula is C31H46N2O2. The lowest BCUT2D eigenvalue weighted by Crippen LogP contribution is -2.08. The third-order valence-electron chi connectivity index (χ3n) is 6.71. The second-order valence-electron chi connectivity index (χ2n) is 9.75. The zero-order chi connectivity index (χ0) is 25.1. The van der Waals surface area contributed by atoms with E-state index in [2.05, 4.69) is 35.9 Å². The number of aryl methyl sites for hydroxylation is 1. The Hall–Kier alpha value is -2.49. The maximum Gasteiger partial charge on any atom is 0.339 e. The van der Waals surface area contributed by atoms with E-state index < -0.39 is 5.97 Å². The number of nitrogens with zero attached hydrogens (tertiary/aromatic N) is 2. The van der Waals surface area contributed by atoms with Crippen molar-refractivity contribution in [1.29, 1.82) is 0 Å². The lowest BCUT2D eigenvalue weighted by Gasteiger charge is -2.15. The van der Waals surface area contributed by atoms with Gasteiger partial charge in [-0.2, -0.15) is 0 Å². The van der Waals surface area contributed by atoms with Crippen molar-refractivity contribution in [1.82, 2.24) is 9.97 Å².